The number of anilines is 2. The van der Waals surface area contributed by atoms with Gasteiger partial charge in [-0.1, -0.05) is 0 Å². The second-order valence-corrected chi connectivity index (χ2v) is 2.83. The maximum absolute atomic E-state index is 5.33. The van der Waals surface area contributed by atoms with Crippen molar-refractivity contribution in [2.45, 2.75) is 6.92 Å². The Bertz CT molecular complexity index is 227. The van der Waals surface area contributed by atoms with Crippen LogP contribution in [0.3, 0.4) is 0 Å². The summed E-state index contributed by atoms with van der Waals surface area (Å²) in [4.78, 5) is 3.93. The van der Waals surface area contributed by atoms with E-state index in [-0.39, 0.29) is 0 Å². The maximum atomic E-state index is 5.33. The molecular formula is C6H12N4OS. The Morgan fingerprint density at radius 1 is 1.67 bits per heavy atom. The predicted molar refractivity (Wildman–Crippen MR) is 49.3 cm³/mol. The van der Waals surface area contributed by atoms with Crippen LogP contribution in [-0.4, -0.2) is 29.1 Å². The van der Waals surface area contributed by atoms with Crippen LogP contribution in [0.25, 0.3) is 0 Å². The molecule has 0 atom stereocenters. The average Bonchev–Trinajstić information content (AvgIpc) is 2.45. The minimum absolute atomic E-state index is 0.318. The van der Waals surface area contributed by atoms with Crippen LogP contribution in [0.1, 0.15) is 6.92 Å². The van der Waals surface area contributed by atoms with Crippen molar-refractivity contribution in [1.29, 1.82) is 0 Å². The van der Waals surface area contributed by atoms with Crippen molar-refractivity contribution in [2.75, 3.05) is 30.8 Å². The Balaban J connectivity index is 2.15. The summed E-state index contributed by atoms with van der Waals surface area (Å²) in [6.07, 6.45) is 0. The van der Waals surface area contributed by atoms with Gasteiger partial charge >= 0.3 is 0 Å². The van der Waals surface area contributed by atoms with E-state index in [2.05, 4.69) is 14.7 Å². The van der Waals surface area contributed by atoms with Crippen molar-refractivity contribution in [3.63, 3.8) is 0 Å². The quantitative estimate of drug-likeness (QED) is 0.661. The van der Waals surface area contributed by atoms with Crippen LogP contribution in [0, 0.1) is 0 Å². The first-order valence-corrected chi connectivity index (χ1v) is 4.51. The SMILES string of the molecule is CCOCCNc1nc(N)ns1. The highest BCUT2D eigenvalue weighted by Gasteiger charge is 1.97. The van der Waals surface area contributed by atoms with Gasteiger partial charge in [-0.05, 0) is 6.92 Å². The largest absolute Gasteiger partial charge is 0.380 e. The second kappa shape index (κ2) is 4.89. The van der Waals surface area contributed by atoms with E-state index in [1.54, 1.807) is 0 Å². The normalized spacial score (nSPS) is 10.1. The zero-order valence-electron chi connectivity index (χ0n) is 6.91. The van der Waals surface area contributed by atoms with Gasteiger partial charge in [0.15, 0.2) is 0 Å². The van der Waals surface area contributed by atoms with Crippen LogP contribution >= 0.6 is 11.5 Å². The topological polar surface area (TPSA) is 73.1 Å². The lowest BCUT2D eigenvalue weighted by Crippen LogP contribution is -2.08. The number of nitrogens with one attached hydrogen (secondary N) is 1. The lowest BCUT2D eigenvalue weighted by atomic mass is 10.7. The highest BCUT2D eigenvalue weighted by atomic mass is 32.1. The molecule has 0 spiro atoms. The van der Waals surface area contributed by atoms with Gasteiger partial charge in [0.25, 0.3) is 0 Å². The number of nitrogens with two attached hydrogens (primary N) is 1. The van der Waals surface area contributed by atoms with E-state index in [9.17, 15) is 0 Å². The molecule has 1 heterocycles. The second-order valence-electron chi connectivity index (χ2n) is 2.08. The fourth-order valence-electron chi connectivity index (χ4n) is 0.681. The van der Waals surface area contributed by atoms with Crippen LogP contribution < -0.4 is 11.1 Å². The molecule has 1 aromatic rings. The van der Waals surface area contributed by atoms with Crippen molar-refractivity contribution in [1.82, 2.24) is 9.36 Å². The summed E-state index contributed by atoms with van der Waals surface area (Å²) in [6.45, 7) is 4.11. The molecule has 0 saturated heterocycles. The molecule has 0 unspecified atom stereocenters. The van der Waals surface area contributed by atoms with E-state index in [1.165, 1.54) is 11.5 Å². The van der Waals surface area contributed by atoms with Crippen LogP contribution in [0.15, 0.2) is 0 Å². The Morgan fingerprint density at radius 3 is 3.08 bits per heavy atom. The lowest BCUT2D eigenvalue weighted by molar-refractivity contribution is 0.158. The number of aromatic nitrogens is 2. The summed E-state index contributed by atoms with van der Waals surface area (Å²) in [5.41, 5.74) is 5.33. The monoisotopic (exact) mass is 188 g/mol. The molecule has 12 heavy (non-hydrogen) atoms. The Kier molecular flexibility index (Phi) is 3.75. The highest BCUT2D eigenvalue weighted by Crippen LogP contribution is 2.10. The van der Waals surface area contributed by atoms with Gasteiger partial charge in [-0.2, -0.15) is 9.36 Å². The zero-order chi connectivity index (χ0) is 8.81. The molecule has 0 aliphatic rings. The third-order valence-corrected chi connectivity index (χ3v) is 1.86. The first-order chi connectivity index (χ1) is 5.83. The summed E-state index contributed by atoms with van der Waals surface area (Å²) < 4.78 is 8.95. The highest BCUT2D eigenvalue weighted by molar-refractivity contribution is 7.09. The maximum Gasteiger partial charge on any atom is 0.233 e. The first kappa shape index (κ1) is 9.21. The third kappa shape index (κ3) is 3.02. The molecule has 0 amide bonds. The van der Waals surface area contributed by atoms with E-state index in [0.29, 0.717) is 12.6 Å². The fourth-order valence-corrected chi connectivity index (χ4v) is 1.20. The molecular weight excluding hydrogens is 176 g/mol. The zero-order valence-corrected chi connectivity index (χ0v) is 7.73. The van der Waals surface area contributed by atoms with Gasteiger partial charge in [0.1, 0.15) is 0 Å². The summed E-state index contributed by atoms with van der Waals surface area (Å²) in [6, 6.07) is 0. The van der Waals surface area contributed by atoms with E-state index in [0.717, 1.165) is 18.3 Å². The number of ether oxygens (including phenoxy) is 1. The Hall–Kier alpha value is -0.880. The van der Waals surface area contributed by atoms with Crippen LogP contribution in [0.4, 0.5) is 11.1 Å². The van der Waals surface area contributed by atoms with E-state index in [1.807, 2.05) is 6.92 Å². The molecule has 5 nitrogen and oxygen atoms in total. The molecule has 0 bridgehead atoms. The molecule has 0 aliphatic carbocycles. The van der Waals surface area contributed by atoms with Crippen molar-refractivity contribution in [2.24, 2.45) is 0 Å². The van der Waals surface area contributed by atoms with Gasteiger partial charge in [-0.15, -0.1) is 0 Å². The molecule has 1 aromatic heterocycles. The van der Waals surface area contributed by atoms with Crippen molar-refractivity contribution < 1.29 is 4.74 Å². The third-order valence-electron chi connectivity index (χ3n) is 1.17. The standard InChI is InChI=1S/C6H12N4OS/c1-2-11-4-3-8-6-9-5(7)10-12-6/h2-4H2,1H3,(H3,7,8,9,10). The van der Waals surface area contributed by atoms with Gasteiger partial charge in [0.05, 0.1) is 6.61 Å². The van der Waals surface area contributed by atoms with Gasteiger partial charge in [-0.25, -0.2) is 0 Å². The minimum atomic E-state index is 0.318. The summed E-state index contributed by atoms with van der Waals surface area (Å²) in [5.74, 6) is 0.318. The molecule has 0 fully saturated rings. The Labute approximate surface area is 75.1 Å². The predicted octanol–water partition coefficient (Wildman–Crippen LogP) is 0.569. The van der Waals surface area contributed by atoms with Gasteiger partial charge < -0.3 is 15.8 Å². The van der Waals surface area contributed by atoms with Crippen LogP contribution in [0.2, 0.25) is 0 Å². The minimum Gasteiger partial charge on any atom is -0.380 e. The molecule has 3 N–H and O–H groups in total. The van der Waals surface area contributed by atoms with Gasteiger partial charge in [0.2, 0.25) is 11.1 Å². The van der Waals surface area contributed by atoms with Crippen molar-refractivity contribution in [3.05, 3.63) is 0 Å². The number of hydrogen-bond donors (Lipinski definition) is 2. The van der Waals surface area contributed by atoms with Crippen LogP contribution in [-0.2, 0) is 4.74 Å². The van der Waals surface area contributed by atoms with Gasteiger partial charge in [0, 0.05) is 24.7 Å². The number of nitrogens with zero attached hydrogens (tertiary/aromatic N) is 2. The van der Waals surface area contributed by atoms with E-state index >= 15 is 0 Å². The van der Waals surface area contributed by atoms with Crippen molar-refractivity contribution in [3.8, 4) is 0 Å². The van der Waals surface area contributed by atoms with Crippen molar-refractivity contribution >= 4 is 22.6 Å². The van der Waals surface area contributed by atoms with Crippen LogP contribution in [0.5, 0.6) is 0 Å². The Morgan fingerprint density at radius 2 is 2.50 bits per heavy atom. The molecule has 0 aliphatic heterocycles. The summed E-state index contributed by atoms with van der Waals surface area (Å²) in [5, 5.41) is 3.78. The number of rotatable bonds is 5. The first-order valence-electron chi connectivity index (χ1n) is 3.73. The molecule has 0 aromatic carbocycles. The summed E-state index contributed by atoms with van der Waals surface area (Å²) >= 11 is 1.25. The molecule has 1 rings (SSSR count). The average molecular weight is 188 g/mol. The van der Waals surface area contributed by atoms with E-state index in [4.69, 9.17) is 10.5 Å². The van der Waals surface area contributed by atoms with Gasteiger partial charge in [-0.3, -0.25) is 0 Å². The molecule has 0 saturated carbocycles. The smallest absolute Gasteiger partial charge is 0.233 e. The molecule has 68 valence electrons. The lowest BCUT2D eigenvalue weighted by Gasteiger charge is -2.00. The molecule has 0 radical (unpaired) electrons. The number of hydrogen-bond acceptors (Lipinski definition) is 6. The fraction of sp³-hybridized carbons (Fsp3) is 0.667. The number of nitrogen functional groups attached to an aromatic ring is 1. The van der Waals surface area contributed by atoms with E-state index < -0.39 is 0 Å². The summed E-state index contributed by atoms with van der Waals surface area (Å²) in [7, 11) is 0. The molecule has 6 heteroatoms.